The summed E-state index contributed by atoms with van der Waals surface area (Å²) < 4.78 is 34.2. The zero-order valence-electron chi connectivity index (χ0n) is 12.4. The third-order valence-electron chi connectivity index (χ3n) is 3.99. The molecule has 0 spiro atoms. The van der Waals surface area contributed by atoms with Gasteiger partial charge in [0.2, 0.25) is 0 Å². The van der Waals surface area contributed by atoms with Crippen LogP contribution < -0.4 is 14.8 Å². The highest BCUT2D eigenvalue weighted by Crippen LogP contribution is 2.32. The molecule has 0 unspecified atom stereocenters. The standard InChI is InChI=1S/C16H23F2NO2/c1-20-14-8-7-13(11-15(14)21-16(17)18)19-10-9-12-5-3-2-4-6-12/h7-8,11-12,16,19H,2-6,9-10H2,1H3. The van der Waals surface area contributed by atoms with Crippen LogP contribution in [0.2, 0.25) is 0 Å². The normalized spacial score (nSPS) is 16.0. The second kappa shape index (κ2) is 8.05. The maximum Gasteiger partial charge on any atom is 0.387 e. The van der Waals surface area contributed by atoms with Crippen molar-refractivity contribution in [1.82, 2.24) is 0 Å². The lowest BCUT2D eigenvalue weighted by atomic mass is 9.87. The number of benzene rings is 1. The van der Waals surface area contributed by atoms with E-state index in [1.165, 1.54) is 39.2 Å². The van der Waals surface area contributed by atoms with Crippen LogP contribution in [0.25, 0.3) is 0 Å². The molecule has 0 radical (unpaired) electrons. The van der Waals surface area contributed by atoms with Gasteiger partial charge in [-0.25, -0.2) is 0 Å². The van der Waals surface area contributed by atoms with Crippen molar-refractivity contribution in [3.05, 3.63) is 18.2 Å². The van der Waals surface area contributed by atoms with Crippen molar-refractivity contribution >= 4 is 5.69 Å². The number of alkyl halides is 2. The molecule has 0 bridgehead atoms. The summed E-state index contributed by atoms with van der Waals surface area (Å²) in [7, 11) is 1.43. The zero-order chi connectivity index (χ0) is 15.1. The minimum absolute atomic E-state index is 0.0650. The van der Waals surface area contributed by atoms with E-state index < -0.39 is 6.61 Å². The van der Waals surface area contributed by atoms with Gasteiger partial charge in [-0.15, -0.1) is 0 Å². The first-order chi connectivity index (χ1) is 10.2. The Morgan fingerprint density at radius 3 is 2.62 bits per heavy atom. The Morgan fingerprint density at radius 1 is 1.19 bits per heavy atom. The van der Waals surface area contributed by atoms with E-state index in [9.17, 15) is 8.78 Å². The highest BCUT2D eigenvalue weighted by atomic mass is 19.3. The highest BCUT2D eigenvalue weighted by Gasteiger charge is 2.14. The van der Waals surface area contributed by atoms with E-state index in [1.807, 2.05) is 6.07 Å². The van der Waals surface area contributed by atoms with Crippen LogP contribution in [0.15, 0.2) is 18.2 Å². The van der Waals surface area contributed by atoms with Crippen molar-refractivity contribution in [2.75, 3.05) is 19.0 Å². The number of hydrogen-bond donors (Lipinski definition) is 1. The van der Waals surface area contributed by atoms with Crippen molar-refractivity contribution in [2.45, 2.75) is 45.1 Å². The van der Waals surface area contributed by atoms with E-state index in [-0.39, 0.29) is 5.75 Å². The van der Waals surface area contributed by atoms with E-state index >= 15 is 0 Å². The molecule has 2 rings (SSSR count). The van der Waals surface area contributed by atoms with Gasteiger partial charge in [0.1, 0.15) is 0 Å². The van der Waals surface area contributed by atoms with E-state index in [1.54, 1.807) is 12.1 Å². The molecule has 0 atom stereocenters. The average Bonchev–Trinajstić information content (AvgIpc) is 2.48. The number of methoxy groups -OCH3 is 1. The Labute approximate surface area is 124 Å². The molecule has 1 aliphatic rings. The molecule has 21 heavy (non-hydrogen) atoms. The molecule has 1 aromatic carbocycles. The molecular formula is C16H23F2NO2. The molecule has 0 saturated heterocycles. The van der Waals surface area contributed by atoms with Gasteiger partial charge in [-0.1, -0.05) is 32.1 Å². The maximum absolute atomic E-state index is 12.4. The Hall–Kier alpha value is -1.52. The van der Waals surface area contributed by atoms with Crippen LogP contribution in [0, 0.1) is 5.92 Å². The number of nitrogens with one attached hydrogen (secondary N) is 1. The lowest BCUT2D eigenvalue weighted by molar-refractivity contribution is -0.0511. The van der Waals surface area contributed by atoms with Crippen molar-refractivity contribution < 1.29 is 18.3 Å². The van der Waals surface area contributed by atoms with Crippen LogP contribution in [0.4, 0.5) is 14.5 Å². The van der Waals surface area contributed by atoms with Gasteiger partial charge in [0.05, 0.1) is 7.11 Å². The number of halogens is 2. The monoisotopic (exact) mass is 299 g/mol. The van der Waals surface area contributed by atoms with Crippen molar-refractivity contribution in [3.8, 4) is 11.5 Å². The summed E-state index contributed by atoms with van der Waals surface area (Å²) in [6.07, 6.45) is 7.76. The summed E-state index contributed by atoms with van der Waals surface area (Å²) in [5.41, 5.74) is 0.780. The molecule has 0 aliphatic heterocycles. The predicted octanol–water partition coefficient (Wildman–Crippen LogP) is 4.68. The Balaban J connectivity index is 1.87. The summed E-state index contributed by atoms with van der Waals surface area (Å²) >= 11 is 0. The summed E-state index contributed by atoms with van der Waals surface area (Å²) in [6.45, 7) is -2.00. The predicted molar refractivity (Wildman–Crippen MR) is 79.3 cm³/mol. The molecule has 3 nitrogen and oxygen atoms in total. The van der Waals surface area contributed by atoms with Gasteiger partial charge in [0.25, 0.3) is 0 Å². The minimum Gasteiger partial charge on any atom is -0.493 e. The van der Waals surface area contributed by atoms with E-state index in [0.717, 1.165) is 24.6 Å². The molecule has 1 fully saturated rings. The first-order valence-electron chi connectivity index (χ1n) is 7.55. The van der Waals surface area contributed by atoms with Gasteiger partial charge in [0, 0.05) is 18.3 Å². The minimum atomic E-state index is -2.85. The maximum atomic E-state index is 12.4. The Morgan fingerprint density at radius 2 is 1.95 bits per heavy atom. The zero-order valence-corrected chi connectivity index (χ0v) is 12.4. The lowest BCUT2D eigenvalue weighted by Gasteiger charge is -2.21. The van der Waals surface area contributed by atoms with Crippen LogP contribution >= 0.6 is 0 Å². The fourth-order valence-corrected chi connectivity index (χ4v) is 2.87. The van der Waals surface area contributed by atoms with Gasteiger partial charge < -0.3 is 14.8 Å². The van der Waals surface area contributed by atoms with Crippen LogP contribution in [-0.4, -0.2) is 20.3 Å². The Bertz CT molecular complexity index is 434. The van der Waals surface area contributed by atoms with E-state index in [2.05, 4.69) is 10.1 Å². The summed E-state index contributed by atoms with van der Waals surface area (Å²) in [6, 6.07) is 5.02. The third kappa shape index (κ3) is 5.06. The summed E-state index contributed by atoms with van der Waals surface area (Å²) in [5, 5.41) is 3.28. The molecule has 0 aromatic heterocycles. The van der Waals surface area contributed by atoms with Crippen LogP contribution in [0.1, 0.15) is 38.5 Å². The molecule has 1 N–H and O–H groups in total. The van der Waals surface area contributed by atoms with E-state index in [4.69, 9.17) is 4.74 Å². The number of anilines is 1. The first kappa shape index (κ1) is 15.9. The van der Waals surface area contributed by atoms with Crippen LogP contribution in [0.5, 0.6) is 11.5 Å². The van der Waals surface area contributed by atoms with Crippen molar-refractivity contribution in [1.29, 1.82) is 0 Å². The molecule has 1 saturated carbocycles. The highest BCUT2D eigenvalue weighted by molar-refractivity contribution is 5.54. The molecular weight excluding hydrogens is 276 g/mol. The Kier molecular flexibility index (Phi) is 6.08. The van der Waals surface area contributed by atoms with Gasteiger partial charge in [-0.05, 0) is 24.5 Å². The van der Waals surface area contributed by atoms with E-state index in [0.29, 0.717) is 5.75 Å². The van der Waals surface area contributed by atoms with Gasteiger partial charge in [0.15, 0.2) is 11.5 Å². The smallest absolute Gasteiger partial charge is 0.387 e. The fraction of sp³-hybridized carbons (Fsp3) is 0.625. The van der Waals surface area contributed by atoms with Crippen molar-refractivity contribution in [2.24, 2.45) is 5.92 Å². The SMILES string of the molecule is COc1ccc(NCCC2CCCCC2)cc1OC(F)F. The number of rotatable bonds is 7. The number of hydrogen-bond acceptors (Lipinski definition) is 3. The quantitative estimate of drug-likeness (QED) is 0.793. The van der Waals surface area contributed by atoms with Crippen LogP contribution in [0.3, 0.4) is 0 Å². The topological polar surface area (TPSA) is 30.5 Å². The van der Waals surface area contributed by atoms with Gasteiger partial charge in [-0.3, -0.25) is 0 Å². The second-order valence-electron chi connectivity index (χ2n) is 5.46. The molecule has 5 heteroatoms. The van der Waals surface area contributed by atoms with Gasteiger partial charge >= 0.3 is 6.61 Å². The molecule has 0 amide bonds. The lowest BCUT2D eigenvalue weighted by Crippen LogP contribution is -2.12. The summed E-state index contributed by atoms with van der Waals surface area (Å²) in [5.74, 6) is 1.17. The molecule has 0 heterocycles. The molecule has 118 valence electrons. The number of ether oxygens (including phenoxy) is 2. The molecule has 1 aliphatic carbocycles. The largest absolute Gasteiger partial charge is 0.493 e. The van der Waals surface area contributed by atoms with Crippen molar-refractivity contribution in [3.63, 3.8) is 0 Å². The summed E-state index contributed by atoms with van der Waals surface area (Å²) in [4.78, 5) is 0. The molecule has 1 aromatic rings. The van der Waals surface area contributed by atoms with Crippen LogP contribution in [-0.2, 0) is 0 Å². The van der Waals surface area contributed by atoms with Gasteiger partial charge in [-0.2, -0.15) is 8.78 Å². The average molecular weight is 299 g/mol. The fourth-order valence-electron chi connectivity index (χ4n) is 2.87. The second-order valence-corrected chi connectivity index (χ2v) is 5.46. The third-order valence-corrected chi connectivity index (χ3v) is 3.99. The first-order valence-corrected chi connectivity index (χ1v) is 7.55.